The van der Waals surface area contributed by atoms with Crippen LogP contribution in [0, 0.1) is 11.8 Å². The van der Waals surface area contributed by atoms with Crippen molar-refractivity contribution in [2.45, 2.75) is 11.3 Å². The Labute approximate surface area is 90.2 Å². The van der Waals surface area contributed by atoms with Crippen LogP contribution in [-0.2, 0) is 9.84 Å². The molecule has 0 aromatic heterocycles. The van der Waals surface area contributed by atoms with Gasteiger partial charge in [0.25, 0.3) is 0 Å². The predicted molar refractivity (Wildman–Crippen MR) is 60.1 cm³/mol. The molecule has 1 aromatic rings. The number of nitrogens with two attached hydrogens (primary N) is 1. The molecule has 0 bridgehead atoms. The third-order valence-corrected chi connectivity index (χ3v) is 2.87. The van der Waals surface area contributed by atoms with E-state index in [1.807, 2.05) is 0 Å². The van der Waals surface area contributed by atoms with Crippen LogP contribution in [0.15, 0.2) is 29.2 Å². The Bertz CT molecular complexity index is 495. The minimum atomic E-state index is -3.15. The summed E-state index contributed by atoms with van der Waals surface area (Å²) in [6.45, 7) is 0.513. The van der Waals surface area contributed by atoms with Crippen LogP contribution in [0.3, 0.4) is 0 Å². The Morgan fingerprint density at radius 3 is 2.73 bits per heavy atom. The fourth-order valence-electron chi connectivity index (χ4n) is 1.04. The van der Waals surface area contributed by atoms with Crippen molar-refractivity contribution < 1.29 is 8.42 Å². The Morgan fingerprint density at radius 2 is 2.13 bits per heavy atom. The van der Waals surface area contributed by atoms with Gasteiger partial charge in [-0.2, -0.15) is 0 Å². The summed E-state index contributed by atoms with van der Waals surface area (Å²) in [7, 11) is -3.15. The Morgan fingerprint density at radius 1 is 1.40 bits per heavy atom. The van der Waals surface area contributed by atoms with E-state index in [0.29, 0.717) is 23.4 Å². The maximum atomic E-state index is 11.2. The first-order valence-corrected chi connectivity index (χ1v) is 6.42. The minimum absolute atomic E-state index is 0.294. The highest BCUT2D eigenvalue weighted by Crippen LogP contribution is 2.10. The third-order valence-electron chi connectivity index (χ3n) is 1.76. The van der Waals surface area contributed by atoms with Gasteiger partial charge >= 0.3 is 0 Å². The van der Waals surface area contributed by atoms with Crippen molar-refractivity contribution in [3.8, 4) is 11.8 Å². The highest BCUT2D eigenvalue weighted by Gasteiger charge is 2.05. The summed E-state index contributed by atoms with van der Waals surface area (Å²) in [5.41, 5.74) is 5.99. The number of hydrogen-bond donors (Lipinski definition) is 1. The Balaban J connectivity index is 3.00. The van der Waals surface area contributed by atoms with Gasteiger partial charge in [0.2, 0.25) is 0 Å². The van der Waals surface area contributed by atoms with E-state index in [4.69, 9.17) is 5.73 Å². The van der Waals surface area contributed by atoms with Crippen LogP contribution in [-0.4, -0.2) is 21.2 Å². The number of benzene rings is 1. The smallest absolute Gasteiger partial charge is 0.175 e. The summed E-state index contributed by atoms with van der Waals surface area (Å²) in [6.07, 6.45) is 1.79. The summed E-state index contributed by atoms with van der Waals surface area (Å²) in [5.74, 6) is 5.72. The molecule has 0 amide bonds. The molecular weight excluding hydrogens is 210 g/mol. The van der Waals surface area contributed by atoms with Gasteiger partial charge < -0.3 is 5.73 Å². The molecular formula is C11H13NO2S. The zero-order chi connectivity index (χ0) is 11.3. The van der Waals surface area contributed by atoms with Gasteiger partial charge in [-0.15, -0.1) is 0 Å². The van der Waals surface area contributed by atoms with E-state index in [1.165, 1.54) is 6.26 Å². The van der Waals surface area contributed by atoms with E-state index in [2.05, 4.69) is 11.8 Å². The van der Waals surface area contributed by atoms with Crippen molar-refractivity contribution >= 4 is 9.84 Å². The molecule has 0 radical (unpaired) electrons. The van der Waals surface area contributed by atoms with E-state index >= 15 is 0 Å². The fourth-order valence-corrected chi connectivity index (χ4v) is 1.71. The standard InChI is InChI=1S/C11H13NO2S/c1-15(13,14)11-7-4-6-10(9-11)5-2-3-8-12/h4,6-7,9H,3,8,12H2,1H3. The first kappa shape index (κ1) is 11.8. The van der Waals surface area contributed by atoms with Crippen molar-refractivity contribution in [2.24, 2.45) is 5.73 Å². The number of hydrogen-bond acceptors (Lipinski definition) is 3. The second-order valence-corrected chi connectivity index (χ2v) is 5.16. The zero-order valence-electron chi connectivity index (χ0n) is 8.53. The zero-order valence-corrected chi connectivity index (χ0v) is 9.34. The average molecular weight is 223 g/mol. The van der Waals surface area contributed by atoms with E-state index in [9.17, 15) is 8.42 Å². The summed E-state index contributed by atoms with van der Waals surface area (Å²) >= 11 is 0. The lowest BCUT2D eigenvalue weighted by molar-refractivity contribution is 0.602. The fraction of sp³-hybridized carbons (Fsp3) is 0.273. The van der Waals surface area contributed by atoms with Crippen LogP contribution < -0.4 is 5.73 Å². The monoisotopic (exact) mass is 223 g/mol. The second-order valence-electron chi connectivity index (χ2n) is 3.14. The molecule has 0 aliphatic rings. The molecule has 0 saturated heterocycles. The van der Waals surface area contributed by atoms with Crippen LogP contribution in [0.2, 0.25) is 0 Å². The minimum Gasteiger partial charge on any atom is -0.330 e. The molecule has 3 nitrogen and oxygen atoms in total. The Kier molecular flexibility index (Phi) is 3.89. The normalized spacial score (nSPS) is 10.5. The third kappa shape index (κ3) is 3.74. The summed E-state index contributed by atoms with van der Waals surface area (Å²) in [5, 5.41) is 0. The maximum absolute atomic E-state index is 11.2. The summed E-state index contributed by atoms with van der Waals surface area (Å²) < 4.78 is 22.5. The summed E-state index contributed by atoms with van der Waals surface area (Å²) in [4.78, 5) is 0.294. The van der Waals surface area contributed by atoms with Crippen LogP contribution in [0.4, 0.5) is 0 Å². The van der Waals surface area contributed by atoms with Gasteiger partial charge in [0.05, 0.1) is 4.90 Å². The predicted octanol–water partition coefficient (Wildman–Crippen LogP) is 0.790. The van der Waals surface area contributed by atoms with Gasteiger partial charge in [-0.3, -0.25) is 0 Å². The van der Waals surface area contributed by atoms with Crippen molar-refractivity contribution in [3.63, 3.8) is 0 Å². The molecule has 0 aliphatic carbocycles. The van der Waals surface area contributed by atoms with Crippen molar-refractivity contribution in [1.82, 2.24) is 0 Å². The lowest BCUT2D eigenvalue weighted by Gasteiger charge is -1.97. The van der Waals surface area contributed by atoms with Crippen LogP contribution in [0.25, 0.3) is 0 Å². The van der Waals surface area contributed by atoms with Gasteiger partial charge in [-0.25, -0.2) is 8.42 Å². The lowest BCUT2D eigenvalue weighted by atomic mass is 10.2. The number of sulfone groups is 1. The van der Waals surface area contributed by atoms with Crippen molar-refractivity contribution in [1.29, 1.82) is 0 Å². The van der Waals surface area contributed by atoms with Gasteiger partial charge in [0.1, 0.15) is 0 Å². The molecule has 0 atom stereocenters. The quantitative estimate of drug-likeness (QED) is 0.754. The van der Waals surface area contributed by atoms with Crippen molar-refractivity contribution in [2.75, 3.05) is 12.8 Å². The molecule has 2 N–H and O–H groups in total. The molecule has 0 aliphatic heterocycles. The van der Waals surface area contributed by atoms with E-state index in [1.54, 1.807) is 24.3 Å². The summed E-state index contributed by atoms with van der Waals surface area (Å²) in [6, 6.07) is 6.59. The first-order chi connectivity index (χ1) is 7.04. The van der Waals surface area contributed by atoms with E-state index in [0.717, 1.165) is 0 Å². The van der Waals surface area contributed by atoms with Gasteiger partial charge in [-0.1, -0.05) is 17.9 Å². The van der Waals surface area contributed by atoms with Crippen LogP contribution in [0.1, 0.15) is 12.0 Å². The van der Waals surface area contributed by atoms with Gasteiger partial charge in [0, 0.05) is 24.8 Å². The topological polar surface area (TPSA) is 60.2 Å². The maximum Gasteiger partial charge on any atom is 0.175 e. The lowest BCUT2D eigenvalue weighted by Crippen LogP contribution is -1.97. The van der Waals surface area contributed by atoms with Crippen LogP contribution in [0.5, 0.6) is 0 Å². The molecule has 1 aromatic carbocycles. The molecule has 1 rings (SSSR count). The molecule has 4 heteroatoms. The van der Waals surface area contributed by atoms with Crippen molar-refractivity contribution in [3.05, 3.63) is 29.8 Å². The first-order valence-electron chi connectivity index (χ1n) is 4.53. The highest BCUT2D eigenvalue weighted by molar-refractivity contribution is 7.90. The second kappa shape index (κ2) is 4.96. The van der Waals surface area contributed by atoms with Gasteiger partial charge in [0.15, 0.2) is 9.84 Å². The molecule has 0 heterocycles. The molecule has 0 fully saturated rings. The largest absolute Gasteiger partial charge is 0.330 e. The SMILES string of the molecule is CS(=O)(=O)c1cccc(C#CCCN)c1. The van der Waals surface area contributed by atoms with Gasteiger partial charge in [-0.05, 0) is 18.2 Å². The highest BCUT2D eigenvalue weighted by atomic mass is 32.2. The molecule has 0 spiro atoms. The average Bonchev–Trinajstić information content (AvgIpc) is 2.17. The van der Waals surface area contributed by atoms with E-state index < -0.39 is 9.84 Å². The molecule has 15 heavy (non-hydrogen) atoms. The van der Waals surface area contributed by atoms with Crippen LogP contribution >= 0.6 is 0 Å². The molecule has 0 saturated carbocycles. The molecule has 80 valence electrons. The number of rotatable bonds is 2. The molecule has 0 unspecified atom stereocenters. The van der Waals surface area contributed by atoms with E-state index in [-0.39, 0.29) is 0 Å². The Hall–Kier alpha value is -1.31.